The predicted molar refractivity (Wildman–Crippen MR) is 130 cm³/mol. The van der Waals surface area contributed by atoms with Gasteiger partial charge in [0, 0.05) is 11.7 Å². The van der Waals surface area contributed by atoms with Crippen molar-refractivity contribution in [3.8, 4) is 0 Å². The van der Waals surface area contributed by atoms with Crippen molar-refractivity contribution in [2.24, 2.45) is 0 Å². The van der Waals surface area contributed by atoms with Gasteiger partial charge in [-0.25, -0.2) is 0 Å². The van der Waals surface area contributed by atoms with Crippen molar-refractivity contribution >= 4 is 33.9 Å². The molecular weight excluding hydrogens is 371 g/mol. The third kappa shape index (κ3) is 4.46. The van der Waals surface area contributed by atoms with E-state index in [-0.39, 0.29) is 0 Å². The Balaban J connectivity index is 2.40. The Morgan fingerprint density at radius 2 is 1.07 bits per heavy atom. The molecule has 0 saturated carbocycles. The lowest BCUT2D eigenvalue weighted by atomic mass is 10.1. The number of benzene rings is 3. The van der Waals surface area contributed by atoms with Crippen molar-refractivity contribution in [1.82, 2.24) is 0 Å². The van der Waals surface area contributed by atoms with Crippen LogP contribution in [0.1, 0.15) is 46.0 Å². The van der Waals surface area contributed by atoms with Gasteiger partial charge in [0.2, 0.25) is 0 Å². The predicted octanol–water partition coefficient (Wildman–Crippen LogP) is 5.71. The highest BCUT2D eigenvalue weighted by molar-refractivity contribution is 7.96. The lowest BCUT2D eigenvalue weighted by Gasteiger charge is -2.32. The largest absolute Gasteiger partial charge is 0.294 e. The quantitative estimate of drug-likeness (QED) is 0.331. The van der Waals surface area contributed by atoms with Crippen molar-refractivity contribution in [2.45, 2.75) is 46.0 Å². The fourth-order valence-corrected chi connectivity index (χ4v) is 8.82. The molecule has 0 aliphatic carbocycles. The molecule has 150 valence electrons. The van der Waals surface area contributed by atoms with E-state index in [2.05, 4.69) is 105 Å². The van der Waals surface area contributed by atoms with Crippen molar-refractivity contribution in [1.29, 1.82) is 0 Å². The van der Waals surface area contributed by atoms with E-state index < -0.39 is 6.89 Å². The second-order valence-corrected chi connectivity index (χ2v) is 10.8. The Kier molecular flexibility index (Phi) is 7.67. The van der Waals surface area contributed by atoms with Gasteiger partial charge in [0.05, 0.1) is 0 Å². The summed E-state index contributed by atoms with van der Waals surface area (Å²) in [7, 11) is 0. The molecule has 0 N–H and O–H groups in total. The zero-order chi connectivity index (χ0) is 20.5. The van der Waals surface area contributed by atoms with Gasteiger partial charge in [0.1, 0.15) is 0 Å². The molecule has 2 heteroatoms. The van der Waals surface area contributed by atoms with Crippen LogP contribution in [0, 0.1) is 0 Å². The molecule has 0 spiro atoms. The molecule has 3 aromatic carbocycles. The van der Waals surface area contributed by atoms with Crippen molar-refractivity contribution in [2.75, 3.05) is 0 Å². The third-order valence-corrected chi connectivity index (χ3v) is 10.1. The van der Waals surface area contributed by atoms with Gasteiger partial charge in [0.15, 0.2) is 5.78 Å². The molecule has 3 rings (SSSR count). The molecule has 0 saturated heterocycles. The minimum atomic E-state index is -2.20. The zero-order valence-corrected chi connectivity index (χ0v) is 18.4. The van der Waals surface area contributed by atoms with E-state index in [1.807, 2.05) is 0 Å². The minimum absolute atomic E-state index is 0.339. The third-order valence-electron chi connectivity index (χ3n) is 5.50. The molecule has 0 bridgehead atoms. The summed E-state index contributed by atoms with van der Waals surface area (Å²) in [4.78, 5) is 13.6. The van der Waals surface area contributed by atoms with Crippen LogP contribution in [0.15, 0.2) is 91.0 Å². The van der Waals surface area contributed by atoms with Crippen LogP contribution in [0.4, 0.5) is 0 Å². The van der Waals surface area contributed by atoms with Gasteiger partial charge in [0.25, 0.3) is 0 Å². The van der Waals surface area contributed by atoms with Crippen molar-refractivity contribution in [3.05, 3.63) is 91.0 Å². The standard InChI is InChI=1S/C27H31OP/c1-3-5-9-22-26(28)27(4-2)29(23-16-10-6-11-17-23,24-18-12-7-13-19-24)25-20-14-8-15-21-25/h6-8,10-21H,3-5,9,22H2,1-2H3. The van der Waals surface area contributed by atoms with Crippen LogP contribution < -0.4 is 15.9 Å². The number of Topliss-reactive ketones (excluding diaryl/α,β-unsaturated/α-hetero) is 1. The second-order valence-electron chi connectivity index (χ2n) is 7.36. The summed E-state index contributed by atoms with van der Waals surface area (Å²) < 4.78 is 0. The number of carbonyl (C=O) groups excluding carboxylic acids is 1. The average molecular weight is 403 g/mol. The fraction of sp³-hybridized carbons (Fsp3) is 0.259. The molecule has 29 heavy (non-hydrogen) atoms. The Morgan fingerprint density at radius 3 is 1.41 bits per heavy atom. The molecule has 0 radical (unpaired) electrons. The van der Waals surface area contributed by atoms with E-state index in [9.17, 15) is 4.79 Å². The van der Waals surface area contributed by atoms with Gasteiger partial charge in [-0.2, -0.15) is 0 Å². The molecule has 0 atom stereocenters. The Labute approximate surface area is 175 Å². The summed E-state index contributed by atoms with van der Waals surface area (Å²) in [5.41, 5.74) is 0. The van der Waals surface area contributed by atoms with Crippen LogP contribution in [-0.2, 0) is 4.79 Å². The number of hydrogen-bond acceptors (Lipinski definition) is 1. The van der Waals surface area contributed by atoms with E-state index >= 15 is 0 Å². The zero-order valence-electron chi connectivity index (χ0n) is 17.6. The summed E-state index contributed by atoms with van der Waals surface area (Å²) in [6.07, 6.45) is 4.63. The lowest BCUT2D eigenvalue weighted by Crippen LogP contribution is -2.33. The first-order chi connectivity index (χ1) is 14.2. The Hall–Kier alpha value is -2.37. The van der Waals surface area contributed by atoms with Crippen LogP contribution in [0.5, 0.6) is 0 Å². The summed E-state index contributed by atoms with van der Waals surface area (Å²) in [5.74, 6) is 0.339. The highest BCUT2D eigenvalue weighted by Gasteiger charge is 2.31. The fourth-order valence-electron chi connectivity index (χ4n) is 4.17. The first-order valence-electron chi connectivity index (χ1n) is 10.7. The molecule has 0 aliphatic heterocycles. The lowest BCUT2D eigenvalue weighted by molar-refractivity contribution is -0.113. The van der Waals surface area contributed by atoms with Crippen molar-refractivity contribution < 1.29 is 4.79 Å². The summed E-state index contributed by atoms with van der Waals surface area (Å²) >= 11 is 0. The number of unbranched alkanes of at least 4 members (excludes halogenated alkanes) is 2. The molecule has 0 aromatic heterocycles. The minimum Gasteiger partial charge on any atom is -0.294 e. The molecular formula is C27H31OP. The Bertz CT molecular complexity index is 856. The van der Waals surface area contributed by atoms with Gasteiger partial charge >= 0.3 is 0 Å². The van der Waals surface area contributed by atoms with Gasteiger partial charge < -0.3 is 0 Å². The van der Waals surface area contributed by atoms with Crippen LogP contribution in [0.3, 0.4) is 0 Å². The van der Waals surface area contributed by atoms with E-state index in [4.69, 9.17) is 0 Å². The maximum Gasteiger partial charge on any atom is 0.159 e. The summed E-state index contributed by atoms with van der Waals surface area (Å²) in [6, 6.07) is 32.1. The van der Waals surface area contributed by atoms with E-state index in [1.54, 1.807) is 0 Å². The van der Waals surface area contributed by atoms with Gasteiger partial charge in [-0.15, -0.1) is 0 Å². The van der Waals surface area contributed by atoms with E-state index in [0.717, 1.165) is 31.0 Å². The normalized spacial score (nSPS) is 11.2. The number of hydrogen-bond donors (Lipinski definition) is 0. The smallest absolute Gasteiger partial charge is 0.159 e. The highest BCUT2D eigenvalue weighted by Crippen LogP contribution is 2.47. The SMILES string of the molecule is CCCCCC(=O)C(CC)=P(c1ccccc1)(c1ccccc1)c1ccccc1. The van der Waals surface area contributed by atoms with Crippen LogP contribution >= 0.6 is 6.89 Å². The molecule has 0 aliphatic rings. The first kappa shape index (κ1) is 21.3. The molecule has 0 amide bonds. The number of ketones is 1. The van der Waals surface area contributed by atoms with E-state index in [0.29, 0.717) is 12.2 Å². The average Bonchev–Trinajstić information content (AvgIpc) is 2.79. The topological polar surface area (TPSA) is 17.1 Å². The van der Waals surface area contributed by atoms with Gasteiger partial charge in [-0.3, -0.25) is 4.79 Å². The molecule has 0 heterocycles. The second kappa shape index (κ2) is 10.4. The maximum absolute atomic E-state index is 13.6. The molecule has 0 unspecified atom stereocenters. The maximum atomic E-state index is 13.6. The van der Waals surface area contributed by atoms with Crippen LogP contribution in [-0.4, -0.2) is 11.1 Å². The summed E-state index contributed by atoms with van der Waals surface area (Å²) in [6.45, 7) is 2.13. The number of rotatable bonds is 9. The van der Waals surface area contributed by atoms with Gasteiger partial charge in [-0.1, -0.05) is 118 Å². The Morgan fingerprint density at radius 1 is 0.655 bits per heavy atom. The number of carbonyl (C=O) groups is 1. The van der Waals surface area contributed by atoms with Crippen LogP contribution in [0.2, 0.25) is 0 Å². The van der Waals surface area contributed by atoms with Crippen LogP contribution in [0.25, 0.3) is 0 Å². The molecule has 0 fully saturated rings. The molecule has 1 nitrogen and oxygen atoms in total. The summed E-state index contributed by atoms with van der Waals surface area (Å²) in [5, 5.41) is 4.88. The highest BCUT2D eigenvalue weighted by atomic mass is 31.2. The van der Waals surface area contributed by atoms with Gasteiger partial charge in [-0.05, 0) is 35.6 Å². The molecule has 3 aromatic rings. The van der Waals surface area contributed by atoms with E-state index in [1.165, 1.54) is 15.9 Å². The monoisotopic (exact) mass is 402 g/mol. The van der Waals surface area contributed by atoms with Crippen molar-refractivity contribution in [3.63, 3.8) is 0 Å². The first-order valence-corrected chi connectivity index (χ1v) is 12.5.